The Morgan fingerprint density at radius 1 is 0.311 bits per heavy atom. The summed E-state index contributed by atoms with van der Waals surface area (Å²) in [5, 5.41) is 6.14. The van der Waals surface area contributed by atoms with Crippen molar-refractivity contribution in [3.05, 3.63) is 210 Å². The van der Waals surface area contributed by atoms with Crippen molar-refractivity contribution in [2.75, 3.05) is 24.6 Å². The maximum atomic E-state index is 7.50. The Morgan fingerprint density at radius 2 is 0.500 bits per heavy atom. The van der Waals surface area contributed by atoms with Gasteiger partial charge < -0.3 is 0 Å². The van der Waals surface area contributed by atoms with E-state index < -0.39 is 31.4 Å². The molecule has 18 heteroatoms. The molecule has 0 aromatic heterocycles. The fraction of sp³-hybridized carbons (Fsp3) is 0.321. The van der Waals surface area contributed by atoms with E-state index in [1.165, 1.54) is 97.2 Å². The van der Waals surface area contributed by atoms with E-state index >= 15 is 0 Å². The van der Waals surface area contributed by atoms with Crippen LogP contribution in [0.15, 0.2) is 143 Å². The van der Waals surface area contributed by atoms with E-state index in [0.29, 0.717) is 0 Å². The minimum atomic E-state index is -1.35. The standard InChI is InChI=1S/C46H66P4Si2.10CO.2W/c1-51(2,3)45-35-36-46(52(4,5)6)50(40-26-10-8-24-38-48(43-31-19-13-20-32-43)44-33-21-14-22-34-44)49(45)39-25-9-7-23-37-47(41-27-15-11-16-28-41)42-29-17-12-18-30-42;10*1-2;;/h11-22,27-36,49-50H,7-10,23-26,37-40H2,1-6H3;;;;;;;;;;;;/q+2;;;;;;;;;;;;. The molecule has 74 heavy (non-hydrogen) atoms. The Labute approximate surface area is 478 Å². The smallest absolute Gasteiger partial charge is 0 e. The van der Waals surface area contributed by atoms with Crippen LogP contribution in [0.5, 0.6) is 0 Å². The van der Waals surface area contributed by atoms with E-state index in [9.17, 15) is 0 Å². The molecule has 0 spiro atoms. The summed E-state index contributed by atoms with van der Waals surface area (Å²) < 4.78 is 75.0. The predicted octanol–water partition coefficient (Wildman–Crippen LogP) is 12.9. The molecular weight excluding hydrogens is 1380 g/mol. The van der Waals surface area contributed by atoms with Crippen molar-refractivity contribution in [2.45, 2.75) is 90.6 Å². The Hall–Kier alpha value is -2.71. The average molecular weight is 1450 g/mol. The van der Waals surface area contributed by atoms with Gasteiger partial charge in [-0.05, 0) is 100 Å². The van der Waals surface area contributed by atoms with E-state index in [2.05, 4.69) is 239 Å². The summed E-state index contributed by atoms with van der Waals surface area (Å²) in [5.74, 6) is 0. The Morgan fingerprint density at radius 3 is 0.689 bits per heavy atom. The SMILES string of the molecule is C[Si](C)(C)C1=CC=C([Si](C)(C)C)[PH+](CCCCCCP(c2ccccc2)c2ccccc2)[PH+]1CCCCCCP(c1ccccc1)c1ccccc1.[C-]#[O+].[C-]#[O+].[C-]#[O+].[C-]#[O+].[C-]#[O+].[C-]#[O+].[C-]#[O+].[C-]#[O+].[C-]#[O+].[C-]#[O+].[W].[W]. The van der Waals surface area contributed by atoms with Gasteiger partial charge in [0.05, 0.1) is 22.2 Å². The number of hydrogen-bond acceptors (Lipinski definition) is 0. The van der Waals surface area contributed by atoms with Crippen molar-refractivity contribution in [1.82, 2.24) is 0 Å². The van der Waals surface area contributed by atoms with Gasteiger partial charge >= 0.3 is 113 Å². The van der Waals surface area contributed by atoms with E-state index in [0.717, 1.165) is 0 Å². The van der Waals surface area contributed by atoms with Gasteiger partial charge in [0.1, 0.15) is 31.4 Å². The molecule has 2 atom stereocenters. The van der Waals surface area contributed by atoms with Crippen LogP contribution < -0.4 is 21.2 Å². The third-order valence-electron chi connectivity index (χ3n) is 10.4. The van der Waals surface area contributed by atoms with Crippen LogP contribution in [-0.2, 0) is 88.7 Å². The van der Waals surface area contributed by atoms with Crippen LogP contribution in [0, 0.1) is 66.5 Å². The second-order valence-electron chi connectivity index (χ2n) is 16.6. The second kappa shape index (κ2) is 62.8. The van der Waals surface area contributed by atoms with Gasteiger partial charge in [-0.25, -0.2) is 0 Å². The van der Waals surface area contributed by atoms with Gasteiger partial charge in [0.15, 0.2) is 0 Å². The number of benzene rings is 4. The van der Waals surface area contributed by atoms with Crippen LogP contribution in [0.3, 0.4) is 0 Å². The molecule has 1 heterocycles. The zero-order chi connectivity index (χ0) is 56.8. The van der Waals surface area contributed by atoms with Crippen LogP contribution in [0.25, 0.3) is 0 Å². The van der Waals surface area contributed by atoms with Gasteiger partial charge in [0, 0.05) is 42.1 Å². The average Bonchev–Trinajstić information content (AvgIpc) is 3.46. The first-order chi connectivity index (χ1) is 35.1. The number of allylic oxidation sites excluding steroid dienone is 2. The first kappa shape index (κ1) is 87.9. The molecule has 0 saturated heterocycles. The Kier molecular flexibility index (Phi) is 74.7. The predicted molar refractivity (Wildman–Crippen MR) is 293 cm³/mol. The fourth-order valence-electron chi connectivity index (χ4n) is 7.77. The summed E-state index contributed by atoms with van der Waals surface area (Å²) in [7, 11) is -4.18. The van der Waals surface area contributed by atoms with Crippen LogP contribution in [0.2, 0.25) is 39.3 Å². The van der Waals surface area contributed by atoms with Gasteiger partial charge in [0.25, 0.3) is 0 Å². The van der Waals surface area contributed by atoms with Crippen molar-refractivity contribution in [2.24, 2.45) is 0 Å². The molecule has 0 saturated carbocycles. The third-order valence-corrected chi connectivity index (χ3v) is 36.4. The summed E-state index contributed by atoms with van der Waals surface area (Å²) in [4.78, 5) is 4.00. The molecule has 0 radical (unpaired) electrons. The Bertz CT molecular complexity index is 1880. The maximum Gasteiger partial charge on any atom is 0 e. The van der Waals surface area contributed by atoms with Crippen LogP contribution in [-0.4, -0.2) is 40.8 Å². The fourth-order valence-corrected chi connectivity index (χ4v) is 40.1. The number of hydrogen-bond donors (Lipinski definition) is 0. The molecule has 4 aromatic rings. The van der Waals surface area contributed by atoms with Crippen molar-refractivity contribution in [3.8, 4) is 0 Å². The van der Waals surface area contributed by atoms with E-state index in [-0.39, 0.29) is 58.0 Å². The van der Waals surface area contributed by atoms with Crippen LogP contribution in [0.4, 0.5) is 0 Å². The molecule has 0 amide bonds. The molecule has 0 fully saturated rings. The molecule has 1 aliphatic heterocycles. The molecule has 2 unspecified atom stereocenters. The van der Waals surface area contributed by atoms with E-state index in [1.54, 1.807) is 0 Å². The van der Waals surface area contributed by atoms with Crippen molar-refractivity contribution in [1.29, 1.82) is 0 Å². The number of unbranched alkanes of at least 4 members (excludes halogenated alkanes) is 6. The zero-order valence-electron chi connectivity index (χ0n) is 43.0. The van der Waals surface area contributed by atoms with Crippen LogP contribution in [0.1, 0.15) is 51.4 Å². The molecule has 10 nitrogen and oxygen atoms in total. The molecule has 0 bridgehead atoms. The zero-order valence-corrected chi connectivity index (χ0v) is 54.6. The van der Waals surface area contributed by atoms with Gasteiger partial charge in [0.2, 0.25) is 0 Å². The molecule has 5 rings (SSSR count). The third kappa shape index (κ3) is 37.9. The molecule has 388 valence electrons. The largest absolute Gasteiger partial charge is 0 e. The second-order valence-corrected chi connectivity index (χ2v) is 40.0. The molecule has 0 N–H and O–H groups in total. The van der Waals surface area contributed by atoms with E-state index in [1.807, 2.05) is 9.87 Å². The normalized spacial score (nSPS) is 11.9. The topological polar surface area (TPSA) is 199 Å². The summed E-state index contributed by atoms with van der Waals surface area (Å²) in [6.45, 7) is 60.9. The summed E-state index contributed by atoms with van der Waals surface area (Å²) in [6.07, 6.45) is 22.3. The van der Waals surface area contributed by atoms with Crippen LogP contribution >= 0.6 is 31.1 Å². The summed E-state index contributed by atoms with van der Waals surface area (Å²) >= 11 is 0. The van der Waals surface area contributed by atoms with Gasteiger partial charge in [-0.2, -0.15) is 0 Å². The summed E-state index contributed by atoms with van der Waals surface area (Å²) in [5.41, 5.74) is 0. The molecule has 4 aromatic carbocycles. The summed E-state index contributed by atoms with van der Waals surface area (Å²) in [6, 6.07) is 45.3. The Balaban J connectivity index is -0.000000295. The van der Waals surface area contributed by atoms with Gasteiger partial charge in [-0.1, -0.05) is 173 Å². The maximum absolute atomic E-state index is 7.50. The van der Waals surface area contributed by atoms with E-state index in [4.69, 9.17) is 46.5 Å². The minimum absolute atomic E-state index is 0. The van der Waals surface area contributed by atoms with Gasteiger partial charge in [-0.15, -0.1) is 0 Å². The molecule has 1 aliphatic rings. The first-order valence-electron chi connectivity index (χ1n) is 22.1. The van der Waals surface area contributed by atoms with Crippen molar-refractivity contribution < 1.29 is 88.7 Å². The molecular formula is C56H66O10P4Si2W2+2. The number of rotatable bonds is 20. The first-order valence-corrected chi connectivity index (χ1v) is 36.5. The quantitative estimate of drug-likeness (QED) is 0.0267. The minimum Gasteiger partial charge on any atom is 0 e. The molecule has 0 aliphatic carbocycles. The van der Waals surface area contributed by atoms with Gasteiger partial charge in [-0.3, -0.25) is 0 Å². The van der Waals surface area contributed by atoms with Crippen molar-refractivity contribution >= 4 is 68.4 Å². The monoisotopic (exact) mass is 1450 g/mol. The van der Waals surface area contributed by atoms with Crippen molar-refractivity contribution in [3.63, 3.8) is 0 Å².